The Morgan fingerprint density at radius 1 is 1.07 bits per heavy atom. The molecule has 3 atom stereocenters. The van der Waals surface area contributed by atoms with E-state index in [9.17, 15) is 15.0 Å². The van der Waals surface area contributed by atoms with E-state index in [4.69, 9.17) is 9.47 Å². The number of cyclic esters (lactones) is 1. The fourth-order valence-corrected chi connectivity index (χ4v) is 3.82. The highest BCUT2D eigenvalue weighted by molar-refractivity contribution is 5.94. The van der Waals surface area contributed by atoms with E-state index in [0.717, 1.165) is 30.0 Å². The van der Waals surface area contributed by atoms with E-state index >= 15 is 0 Å². The summed E-state index contributed by atoms with van der Waals surface area (Å²) >= 11 is 0. The summed E-state index contributed by atoms with van der Waals surface area (Å²) in [5.41, 5.74) is 2.19. The largest absolute Gasteiger partial charge is 0.508 e. The smallest absolute Gasteiger partial charge is 0.342 e. The minimum atomic E-state index is -0.627. The first-order valence-corrected chi connectivity index (χ1v) is 9.82. The van der Waals surface area contributed by atoms with Crippen molar-refractivity contribution in [1.82, 2.24) is 0 Å². The van der Waals surface area contributed by atoms with E-state index in [1.165, 1.54) is 6.07 Å². The van der Waals surface area contributed by atoms with Gasteiger partial charge in [-0.25, -0.2) is 4.79 Å². The average Bonchev–Trinajstić information content (AvgIpc) is 3.42. The number of phenolic OH excluding ortho intramolecular Hbond substituents is 2. The van der Waals surface area contributed by atoms with E-state index in [1.54, 1.807) is 0 Å². The van der Waals surface area contributed by atoms with Crippen LogP contribution in [0.2, 0.25) is 0 Å². The highest BCUT2D eigenvalue weighted by Crippen LogP contribution is 2.38. The SMILES string of the molecule is C=C1/C=C/CCC2OC2C[C@H](c2ccccc2)OC(=O)c2c(O)cc(O)cc2C1. The molecule has 1 fully saturated rings. The second kappa shape index (κ2) is 8.13. The lowest BCUT2D eigenvalue weighted by Gasteiger charge is -2.20. The van der Waals surface area contributed by atoms with E-state index in [-0.39, 0.29) is 29.3 Å². The molecule has 5 nitrogen and oxygen atoms in total. The Balaban J connectivity index is 1.71. The number of carbonyl (C=O) groups is 1. The first-order chi connectivity index (χ1) is 14.0. The lowest BCUT2D eigenvalue weighted by Crippen LogP contribution is -2.16. The third-order valence-electron chi connectivity index (χ3n) is 5.33. The van der Waals surface area contributed by atoms with E-state index < -0.39 is 12.1 Å². The molecule has 2 unspecified atom stereocenters. The molecule has 2 heterocycles. The van der Waals surface area contributed by atoms with Crippen LogP contribution in [0.1, 0.15) is 46.9 Å². The predicted octanol–water partition coefficient (Wildman–Crippen LogP) is 4.60. The zero-order valence-corrected chi connectivity index (χ0v) is 16.1. The van der Waals surface area contributed by atoms with Crippen LogP contribution in [-0.2, 0) is 15.9 Å². The number of allylic oxidation sites excluding steroid dienone is 3. The first-order valence-electron chi connectivity index (χ1n) is 9.82. The van der Waals surface area contributed by atoms with Crippen LogP contribution in [-0.4, -0.2) is 28.4 Å². The van der Waals surface area contributed by atoms with Crippen molar-refractivity contribution in [3.63, 3.8) is 0 Å². The summed E-state index contributed by atoms with van der Waals surface area (Å²) in [7, 11) is 0. The van der Waals surface area contributed by atoms with Crippen molar-refractivity contribution in [2.45, 2.75) is 44.0 Å². The molecule has 0 radical (unpaired) electrons. The van der Waals surface area contributed by atoms with Gasteiger partial charge in [-0.05, 0) is 36.5 Å². The number of hydrogen-bond donors (Lipinski definition) is 2. The summed E-state index contributed by atoms with van der Waals surface area (Å²) in [4.78, 5) is 13.1. The Labute approximate surface area is 169 Å². The average molecular weight is 392 g/mol. The van der Waals surface area contributed by atoms with Crippen molar-refractivity contribution in [2.24, 2.45) is 0 Å². The van der Waals surface area contributed by atoms with Gasteiger partial charge in [0.2, 0.25) is 0 Å². The standard InChI is InChI=1S/C24H24O5/c1-15-7-5-6-10-20-22(28-20)14-21(16-8-3-2-4-9-16)29-24(27)23-17(11-15)12-18(25)13-19(23)26/h2-5,7-9,12-13,20-22,25-26H,1,6,10-11,14H2/b7-5+/t20?,21-,22?/m1/s1. The van der Waals surface area contributed by atoms with Crippen LogP contribution in [0.15, 0.2) is 66.8 Å². The first kappa shape index (κ1) is 19.3. The second-order valence-corrected chi connectivity index (χ2v) is 7.57. The molecule has 2 aliphatic rings. The fourth-order valence-electron chi connectivity index (χ4n) is 3.82. The van der Waals surface area contributed by atoms with Crippen LogP contribution < -0.4 is 0 Å². The van der Waals surface area contributed by atoms with Crippen molar-refractivity contribution in [3.05, 3.63) is 83.5 Å². The highest BCUT2D eigenvalue weighted by Gasteiger charge is 2.41. The molecule has 0 saturated carbocycles. The molecule has 0 amide bonds. The number of esters is 1. The number of carbonyl (C=O) groups excluding carboxylic acids is 1. The number of benzene rings is 2. The molecule has 4 rings (SSSR count). The number of rotatable bonds is 1. The Bertz CT molecular complexity index is 947. The van der Waals surface area contributed by atoms with Gasteiger partial charge in [-0.3, -0.25) is 0 Å². The number of ether oxygens (including phenoxy) is 2. The molecule has 2 N–H and O–H groups in total. The monoisotopic (exact) mass is 392 g/mol. The van der Waals surface area contributed by atoms with Crippen LogP contribution in [0.25, 0.3) is 0 Å². The molecule has 150 valence electrons. The molecular weight excluding hydrogens is 368 g/mol. The number of fused-ring (bicyclic) bond motifs is 2. The maximum Gasteiger partial charge on any atom is 0.342 e. The minimum absolute atomic E-state index is 0.0421. The zero-order valence-electron chi connectivity index (χ0n) is 16.1. The predicted molar refractivity (Wildman–Crippen MR) is 109 cm³/mol. The van der Waals surface area contributed by atoms with Gasteiger partial charge in [-0.2, -0.15) is 0 Å². The Morgan fingerprint density at radius 2 is 1.86 bits per heavy atom. The fraction of sp³-hybridized carbons (Fsp3) is 0.292. The van der Waals surface area contributed by atoms with Crippen LogP contribution >= 0.6 is 0 Å². The minimum Gasteiger partial charge on any atom is -0.508 e. The highest BCUT2D eigenvalue weighted by atomic mass is 16.6. The molecule has 29 heavy (non-hydrogen) atoms. The van der Waals surface area contributed by atoms with Crippen molar-refractivity contribution in [3.8, 4) is 11.5 Å². The quantitative estimate of drug-likeness (QED) is 0.548. The van der Waals surface area contributed by atoms with Crippen molar-refractivity contribution in [2.75, 3.05) is 0 Å². The topological polar surface area (TPSA) is 79.3 Å². The number of hydrogen-bond acceptors (Lipinski definition) is 5. The Hall–Kier alpha value is -3.05. The van der Waals surface area contributed by atoms with E-state index in [2.05, 4.69) is 6.58 Å². The molecule has 1 saturated heterocycles. The van der Waals surface area contributed by atoms with Gasteiger partial charge in [-0.15, -0.1) is 0 Å². The van der Waals surface area contributed by atoms with Gasteiger partial charge in [-0.1, -0.05) is 54.6 Å². The Morgan fingerprint density at radius 3 is 2.66 bits per heavy atom. The summed E-state index contributed by atoms with van der Waals surface area (Å²) in [6, 6.07) is 12.2. The maximum atomic E-state index is 13.1. The normalized spacial score (nSPS) is 25.9. The maximum absolute atomic E-state index is 13.1. The van der Waals surface area contributed by atoms with E-state index in [1.807, 2.05) is 42.5 Å². The number of phenols is 2. The molecular formula is C24H24O5. The second-order valence-electron chi connectivity index (χ2n) is 7.57. The summed E-state index contributed by atoms with van der Waals surface area (Å²) in [6.07, 6.45) is 6.33. The summed E-state index contributed by atoms with van der Waals surface area (Å²) in [5.74, 6) is -1.04. The van der Waals surface area contributed by atoms with Gasteiger partial charge in [0.05, 0.1) is 12.2 Å². The van der Waals surface area contributed by atoms with Gasteiger partial charge >= 0.3 is 5.97 Å². The lowest BCUT2D eigenvalue weighted by molar-refractivity contribution is 0.0255. The third-order valence-corrected chi connectivity index (χ3v) is 5.33. The van der Waals surface area contributed by atoms with Crippen LogP contribution in [0.3, 0.4) is 0 Å². The van der Waals surface area contributed by atoms with Crippen LogP contribution in [0.4, 0.5) is 0 Å². The van der Waals surface area contributed by atoms with Crippen molar-refractivity contribution >= 4 is 5.97 Å². The van der Waals surface area contributed by atoms with Gasteiger partial charge in [0.25, 0.3) is 0 Å². The summed E-state index contributed by atoms with van der Waals surface area (Å²) < 4.78 is 11.6. The number of epoxide rings is 1. The molecule has 2 aromatic rings. The van der Waals surface area contributed by atoms with Crippen molar-refractivity contribution < 1.29 is 24.5 Å². The van der Waals surface area contributed by atoms with Crippen molar-refractivity contribution in [1.29, 1.82) is 0 Å². The lowest BCUT2D eigenvalue weighted by atomic mass is 9.97. The summed E-state index contributed by atoms with van der Waals surface area (Å²) in [6.45, 7) is 4.03. The molecule has 0 aliphatic carbocycles. The molecule has 0 bridgehead atoms. The molecule has 0 spiro atoms. The number of aromatic hydroxyl groups is 2. The molecule has 2 aromatic carbocycles. The van der Waals surface area contributed by atoms with Gasteiger partial charge < -0.3 is 19.7 Å². The van der Waals surface area contributed by atoms with E-state index in [0.29, 0.717) is 18.4 Å². The Kier molecular flexibility index (Phi) is 5.41. The van der Waals surface area contributed by atoms with Gasteiger partial charge in [0, 0.05) is 12.5 Å². The van der Waals surface area contributed by atoms with Gasteiger partial charge in [0.1, 0.15) is 23.2 Å². The summed E-state index contributed by atoms with van der Waals surface area (Å²) in [5, 5.41) is 20.3. The zero-order chi connectivity index (χ0) is 20.4. The molecule has 2 aliphatic heterocycles. The third kappa shape index (κ3) is 4.51. The van der Waals surface area contributed by atoms with Gasteiger partial charge in [0.15, 0.2) is 0 Å². The molecule has 5 heteroatoms. The van der Waals surface area contributed by atoms with Crippen LogP contribution in [0, 0.1) is 0 Å². The molecule has 0 aromatic heterocycles. The van der Waals surface area contributed by atoms with Crippen LogP contribution in [0.5, 0.6) is 11.5 Å².